The molecule has 1 saturated heterocycles. The van der Waals surface area contributed by atoms with Crippen LogP contribution in [0.5, 0.6) is 0 Å². The van der Waals surface area contributed by atoms with Crippen LogP contribution < -0.4 is 5.56 Å². The Morgan fingerprint density at radius 1 is 1.13 bits per heavy atom. The van der Waals surface area contributed by atoms with Gasteiger partial charge in [0.25, 0.3) is 5.56 Å². The molecule has 1 fully saturated rings. The van der Waals surface area contributed by atoms with E-state index in [2.05, 4.69) is 15.0 Å². The Morgan fingerprint density at radius 2 is 2.03 bits per heavy atom. The van der Waals surface area contributed by atoms with Crippen molar-refractivity contribution in [3.63, 3.8) is 0 Å². The van der Waals surface area contributed by atoms with Crippen molar-refractivity contribution < 1.29 is 9.84 Å². The van der Waals surface area contributed by atoms with Crippen LogP contribution in [-0.4, -0.2) is 43.9 Å². The second-order valence-corrected chi connectivity index (χ2v) is 7.77. The molecule has 0 saturated carbocycles. The molecule has 0 unspecified atom stereocenters. The lowest BCUT2D eigenvalue weighted by Gasteiger charge is -2.29. The number of aliphatic hydroxyl groups is 1. The van der Waals surface area contributed by atoms with E-state index in [9.17, 15) is 9.90 Å². The number of aliphatic hydroxyl groups excluding tert-OH is 1. The Bertz CT molecular complexity index is 1300. The Kier molecular flexibility index (Phi) is 4.77. The molecule has 7 nitrogen and oxygen atoms in total. The molecule has 3 aromatic heterocycles. The van der Waals surface area contributed by atoms with Gasteiger partial charge in [-0.05, 0) is 61.2 Å². The van der Waals surface area contributed by atoms with Gasteiger partial charge in [-0.3, -0.25) is 19.3 Å². The monoisotopic (exact) mass is 402 g/mol. The van der Waals surface area contributed by atoms with E-state index in [1.807, 2.05) is 37.3 Å². The Morgan fingerprint density at radius 3 is 2.87 bits per heavy atom. The van der Waals surface area contributed by atoms with Crippen LogP contribution in [0.25, 0.3) is 21.8 Å². The maximum absolute atomic E-state index is 13.4. The van der Waals surface area contributed by atoms with Gasteiger partial charge in [0.1, 0.15) is 0 Å². The third-order valence-corrected chi connectivity index (χ3v) is 5.72. The standard InChI is InChI=1S/C23H22N4O3/c1-14-9-15(4-7-24-14)10-16-11-18-22(17-3-2-6-25-21(16)17)26-13-27(23(18)29)19-5-8-30-12-20(19)28/h2-4,6-7,9,11,13,19-20,28H,5,8,10,12H2,1H3/t19-,20-/m0/s1. The highest BCUT2D eigenvalue weighted by Gasteiger charge is 2.27. The van der Waals surface area contributed by atoms with E-state index < -0.39 is 6.10 Å². The number of aromatic nitrogens is 4. The van der Waals surface area contributed by atoms with Gasteiger partial charge in [-0.15, -0.1) is 0 Å². The van der Waals surface area contributed by atoms with Crippen molar-refractivity contribution in [1.82, 2.24) is 19.5 Å². The molecule has 0 amide bonds. The maximum atomic E-state index is 13.4. The summed E-state index contributed by atoms with van der Waals surface area (Å²) in [6.07, 6.45) is 5.59. The SMILES string of the molecule is Cc1cc(Cc2cc3c(=O)n([C@H]4CCOC[C@@H]4O)cnc3c3cccnc23)ccn1. The molecule has 4 heterocycles. The number of hydrogen-bond acceptors (Lipinski definition) is 6. The first-order valence-corrected chi connectivity index (χ1v) is 10.1. The Labute approximate surface area is 173 Å². The summed E-state index contributed by atoms with van der Waals surface area (Å²) in [6.45, 7) is 2.70. The summed E-state index contributed by atoms with van der Waals surface area (Å²) in [5.74, 6) is 0. The number of pyridine rings is 2. The average molecular weight is 402 g/mol. The smallest absolute Gasteiger partial charge is 0.261 e. The minimum absolute atomic E-state index is 0.149. The van der Waals surface area contributed by atoms with Gasteiger partial charge in [0.15, 0.2) is 0 Å². The molecule has 30 heavy (non-hydrogen) atoms. The number of nitrogens with zero attached hydrogens (tertiary/aromatic N) is 4. The van der Waals surface area contributed by atoms with E-state index >= 15 is 0 Å². The molecule has 0 bridgehead atoms. The van der Waals surface area contributed by atoms with Crippen molar-refractivity contribution in [2.75, 3.05) is 13.2 Å². The average Bonchev–Trinajstić information content (AvgIpc) is 2.75. The fraction of sp³-hybridized carbons (Fsp3) is 0.304. The normalized spacial score (nSPS) is 19.4. The number of benzene rings is 1. The van der Waals surface area contributed by atoms with Gasteiger partial charge >= 0.3 is 0 Å². The predicted octanol–water partition coefficient (Wildman–Crippen LogP) is 2.56. The minimum atomic E-state index is -0.725. The van der Waals surface area contributed by atoms with E-state index in [1.165, 1.54) is 0 Å². The summed E-state index contributed by atoms with van der Waals surface area (Å²) >= 11 is 0. The molecule has 1 aromatic carbocycles. The van der Waals surface area contributed by atoms with Crippen LogP contribution >= 0.6 is 0 Å². The van der Waals surface area contributed by atoms with E-state index in [4.69, 9.17) is 4.74 Å². The first-order valence-electron chi connectivity index (χ1n) is 10.1. The Hall–Kier alpha value is -3.16. The van der Waals surface area contributed by atoms with Gasteiger partial charge in [0.05, 0.1) is 41.5 Å². The van der Waals surface area contributed by atoms with Crippen molar-refractivity contribution in [3.8, 4) is 0 Å². The number of ether oxygens (including phenoxy) is 1. The summed E-state index contributed by atoms with van der Waals surface area (Å²) in [4.78, 5) is 26.9. The van der Waals surface area contributed by atoms with Crippen LogP contribution in [0.15, 0.2) is 53.8 Å². The van der Waals surface area contributed by atoms with Crippen molar-refractivity contribution in [2.24, 2.45) is 0 Å². The summed E-state index contributed by atoms with van der Waals surface area (Å²) < 4.78 is 6.87. The highest BCUT2D eigenvalue weighted by Crippen LogP contribution is 2.27. The summed E-state index contributed by atoms with van der Waals surface area (Å²) in [5, 5.41) is 11.7. The summed E-state index contributed by atoms with van der Waals surface area (Å²) in [7, 11) is 0. The number of aryl methyl sites for hydroxylation is 1. The Balaban J connectivity index is 1.71. The van der Waals surface area contributed by atoms with Crippen molar-refractivity contribution in [2.45, 2.75) is 31.9 Å². The largest absolute Gasteiger partial charge is 0.389 e. The second-order valence-electron chi connectivity index (χ2n) is 7.77. The highest BCUT2D eigenvalue weighted by molar-refractivity contribution is 6.04. The van der Waals surface area contributed by atoms with Gasteiger partial charge in [0, 0.05) is 30.1 Å². The van der Waals surface area contributed by atoms with Crippen molar-refractivity contribution in [1.29, 1.82) is 0 Å². The van der Waals surface area contributed by atoms with E-state index in [-0.39, 0.29) is 18.2 Å². The molecule has 4 aromatic rings. The van der Waals surface area contributed by atoms with Crippen LogP contribution in [-0.2, 0) is 11.2 Å². The number of hydrogen-bond donors (Lipinski definition) is 1. The zero-order chi connectivity index (χ0) is 20.7. The minimum Gasteiger partial charge on any atom is -0.389 e. The molecular weight excluding hydrogens is 380 g/mol. The highest BCUT2D eigenvalue weighted by atomic mass is 16.5. The lowest BCUT2D eigenvalue weighted by atomic mass is 9.99. The number of fused-ring (bicyclic) bond motifs is 3. The lowest BCUT2D eigenvalue weighted by molar-refractivity contribution is -0.0395. The molecular formula is C23H22N4O3. The molecule has 1 aliphatic rings. The van der Waals surface area contributed by atoms with Gasteiger partial charge in [-0.25, -0.2) is 4.98 Å². The molecule has 1 N–H and O–H groups in total. The van der Waals surface area contributed by atoms with E-state index in [1.54, 1.807) is 23.3 Å². The van der Waals surface area contributed by atoms with Crippen LogP contribution in [0, 0.1) is 6.92 Å². The second kappa shape index (κ2) is 7.59. The van der Waals surface area contributed by atoms with Crippen molar-refractivity contribution >= 4 is 21.8 Å². The van der Waals surface area contributed by atoms with E-state index in [0.717, 1.165) is 27.7 Å². The zero-order valence-corrected chi connectivity index (χ0v) is 16.7. The molecule has 1 aliphatic heterocycles. The molecule has 2 atom stereocenters. The van der Waals surface area contributed by atoms with Gasteiger partial charge in [-0.1, -0.05) is 0 Å². The topological polar surface area (TPSA) is 90.1 Å². The van der Waals surface area contributed by atoms with Crippen LogP contribution in [0.1, 0.15) is 29.3 Å². The van der Waals surface area contributed by atoms with Gasteiger partial charge in [-0.2, -0.15) is 0 Å². The first kappa shape index (κ1) is 18.8. The molecule has 152 valence electrons. The molecule has 0 aliphatic carbocycles. The summed E-state index contributed by atoms with van der Waals surface area (Å²) in [6, 6.07) is 9.39. The van der Waals surface area contributed by atoms with Gasteiger partial charge in [0.2, 0.25) is 0 Å². The third-order valence-electron chi connectivity index (χ3n) is 5.72. The fourth-order valence-electron chi connectivity index (χ4n) is 4.26. The molecule has 0 spiro atoms. The predicted molar refractivity (Wildman–Crippen MR) is 114 cm³/mol. The summed E-state index contributed by atoms with van der Waals surface area (Å²) in [5.41, 5.74) is 4.35. The molecule has 5 rings (SSSR count). The molecule has 0 radical (unpaired) electrons. The van der Waals surface area contributed by atoms with Crippen LogP contribution in [0.3, 0.4) is 0 Å². The molecule has 7 heteroatoms. The lowest BCUT2D eigenvalue weighted by Crippen LogP contribution is -2.39. The number of rotatable bonds is 3. The van der Waals surface area contributed by atoms with E-state index in [0.29, 0.717) is 30.4 Å². The van der Waals surface area contributed by atoms with Gasteiger partial charge < -0.3 is 9.84 Å². The maximum Gasteiger partial charge on any atom is 0.261 e. The van der Waals surface area contributed by atoms with Crippen LogP contribution in [0.2, 0.25) is 0 Å². The first-order chi connectivity index (χ1) is 14.6. The third kappa shape index (κ3) is 3.26. The fourth-order valence-corrected chi connectivity index (χ4v) is 4.26. The van der Waals surface area contributed by atoms with Crippen molar-refractivity contribution in [3.05, 3.63) is 76.2 Å². The quantitative estimate of drug-likeness (QED) is 0.530. The van der Waals surface area contributed by atoms with Crippen LogP contribution in [0.4, 0.5) is 0 Å². The zero-order valence-electron chi connectivity index (χ0n) is 16.7.